The van der Waals surface area contributed by atoms with Crippen LogP contribution in [0.25, 0.3) is 0 Å². The summed E-state index contributed by atoms with van der Waals surface area (Å²) in [6.45, 7) is -0.0666. The van der Waals surface area contributed by atoms with Gasteiger partial charge in [0.2, 0.25) is 0 Å². The van der Waals surface area contributed by atoms with E-state index in [-0.39, 0.29) is 18.8 Å². The van der Waals surface area contributed by atoms with Crippen LogP contribution in [0.15, 0.2) is 18.2 Å². The van der Waals surface area contributed by atoms with Gasteiger partial charge in [0.15, 0.2) is 18.2 Å². The van der Waals surface area contributed by atoms with Crippen molar-refractivity contribution in [3.63, 3.8) is 0 Å². The van der Waals surface area contributed by atoms with E-state index < -0.39 is 23.5 Å². The largest absolute Gasteiger partial charge is 0.481 e. The maximum Gasteiger partial charge on any atom is 0.303 e. The van der Waals surface area contributed by atoms with Gasteiger partial charge in [-0.3, -0.25) is 9.59 Å². The van der Waals surface area contributed by atoms with Crippen molar-refractivity contribution in [2.24, 2.45) is 0 Å². The van der Waals surface area contributed by atoms with Gasteiger partial charge in [-0.1, -0.05) is 0 Å². The number of aliphatic carboxylic acids is 1. The molecular formula is C13H15F2NO4. The standard InChI is InChI=1S/C13H15F2NO4/c14-9-4-5-11(10(15)7-9)20-8-12(17)16-6-2-1-3-13(18)19/h4-5,7H,1-3,6,8H2,(H,16,17)(H,18,19). The number of carbonyl (C=O) groups excluding carboxylic acids is 1. The van der Waals surface area contributed by atoms with E-state index in [1.807, 2.05) is 0 Å². The van der Waals surface area contributed by atoms with Gasteiger partial charge in [0, 0.05) is 19.0 Å². The monoisotopic (exact) mass is 287 g/mol. The van der Waals surface area contributed by atoms with E-state index in [1.54, 1.807) is 0 Å². The highest BCUT2D eigenvalue weighted by atomic mass is 19.1. The van der Waals surface area contributed by atoms with E-state index in [1.165, 1.54) is 0 Å². The molecule has 1 aromatic carbocycles. The van der Waals surface area contributed by atoms with E-state index in [9.17, 15) is 18.4 Å². The smallest absolute Gasteiger partial charge is 0.303 e. The summed E-state index contributed by atoms with van der Waals surface area (Å²) >= 11 is 0. The minimum absolute atomic E-state index is 0.0488. The molecule has 0 saturated carbocycles. The Morgan fingerprint density at radius 3 is 2.65 bits per heavy atom. The van der Waals surface area contributed by atoms with Gasteiger partial charge < -0.3 is 15.2 Å². The Bertz CT molecular complexity index is 479. The summed E-state index contributed by atoms with van der Waals surface area (Å²) in [5.41, 5.74) is 0. The van der Waals surface area contributed by atoms with Gasteiger partial charge in [-0.25, -0.2) is 8.78 Å². The summed E-state index contributed by atoms with van der Waals surface area (Å²) in [7, 11) is 0. The Morgan fingerprint density at radius 2 is 2.00 bits per heavy atom. The summed E-state index contributed by atoms with van der Waals surface area (Å²) in [5.74, 6) is -3.14. The average Bonchev–Trinajstić information content (AvgIpc) is 2.37. The van der Waals surface area contributed by atoms with Gasteiger partial charge in [-0.05, 0) is 25.0 Å². The minimum atomic E-state index is -0.883. The number of hydrogen-bond donors (Lipinski definition) is 2. The summed E-state index contributed by atoms with van der Waals surface area (Å²) in [6.07, 6.45) is 1.04. The third kappa shape index (κ3) is 6.12. The van der Waals surface area contributed by atoms with Crippen molar-refractivity contribution in [2.75, 3.05) is 13.2 Å². The van der Waals surface area contributed by atoms with E-state index >= 15 is 0 Å². The quantitative estimate of drug-likeness (QED) is 0.714. The van der Waals surface area contributed by atoms with Crippen LogP contribution in [0, 0.1) is 11.6 Å². The second-order valence-corrected chi connectivity index (χ2v) is 4.06. The van der Waals surface area contributed by atoms with Crippen LogP contribution >= 0.6 is 0 Å². The molecule has 0 spiro atoms. The summed E-state index contributed by atoms with van der Waals surface area (Å²) < 4.78 is 30.7. The van der Waals surface area contributed by atoms with Gasteiger partial charge in [-0.15, -0.1) is 0 Å². The first-order valence-electron chi connectivity index (χ1n) is 6.05. The lowest BCUT2D eigenvalue weighted by molar-refractivity contribution is -0.137. The van der Waals surface area contributed by atoms with Crippen molar-refractivity contribution in [3.8, 4) is 5.75 Å². The molecule has 0 fully saturated rings. The maximum atomic E-state index is 13.2. The number of rotatable bonds is 8. The van der Waals surface area contributed by atoms with Gasteiger partial charge in [0.25, 0.3) is 5.91 Å². The molecule has 0 bridgehead atoms. The second kappa shape index (κ2) is 8.08. The van der Waals surface area contributed by atoms with Crippen molar-refractivity contribution < 1.29 is 28.2 Å². The third-order valence-corrected chi connectivity index (χ3v) is 2.39. The van der Waals surface area contributed by atoms with Crippen molar-refractivity contribution in [1.82, 2.24) is 5.32 Å². The molecule has 0 atom stereocenters. The SMILES string of the molecule is O=C(O)CCCCNC(=O)COc1ccc(F)cc1F. The van der Waals surface area contributed by atoms with Crippen molar-refractivity contribution >= 4 is 11.9 Å². The summed E-state index contributed by atoms with van der Waals surface area (Å²) in [5, 5.41) is 10.9. The highest BCUT2D eigenvalue weighted by Crippen LogP contribution is 2.17. The van der Waals surface area contributed by atoms with Crippen LogP contribution in [0.4, 0.5) is 8.78 Å². The number of nitrogens with one attached hydrogen (secondary N) is 1. The molecule has 20 heavy (non-hydrogen) atoms. The Hall–Kier alpha value is -2.18. The third-order valence-electron chi connectivity index (χ3n) is 2.39. The number of carbonyl (C=O) groups is 2. The van der Waals surface area contributed by atoms with Crippen LogP contribution in [0.1, 0.15) is 19.3 Å². The zero-order chi connectivity index (χ0) is 15.0. The minimum Gasteiger partial charge on any atom is -0.481 e. The van der Waals surface area contributed by atoms with Crippen LogP contribution in [0.2, 0.25) is 0 Å². The first-order chi connectivity index (χ1) is 9.49. The normalized spacial score (nSPS) is 10.1. The van der Waals surface area contributed by atoms with Crippen LogP contribution < -0.4 is 10.1 Å². The lowest BCUT2D eigenvalue weighted by Crippen LogP contribution is -2.29. The molecule has 1 rings (SSSR count). The number of hydrogen-bond acceptors (Lipinski definition) is 3. The molecule has 5 nitrogen and oxygen atoms in total. The summed E-state index contributed by atoms with van der Waals surface area (Å²) in [6, 6.07) is 2.80. The molecule has 110 valence electrons. The molecule has 0 aliphatic rings. The van der Waals surface area contributed by atoms with Crippen molar-refractivity contribution in [1.29, 1.82) is 0 Å². The zero-order valence-corrected chi connectivity index (χ0v) is 10.7. The number of benzene rings is 1. The number of carboxylic acids is 1. The molecule has 0 heterocycles. The first-order valence-corrected chi connectivity index (χ1v) is 6.05. The number of ether oxygens (including phenoxy) is 1. The van der Waals surface area contributed by atoms with E-state index in [0.717, 1.165) is 12.1 Å². The molecule has 1 amide bonds. The van der Waals surface area contributed by atoms with Gasteiger partial charge in [0.1, 0.15) is 5.82 Å². The number of unbranched alkanes of at least 4 members (excludes halogenated alkanes) is 1. The lowest BCUT2D eigenvalue weighted by atomic mass is 10.2. The van der Waals surface area contributed by atoms with E-state index in [4.69, 9.17) is 9.84 Å². The van der Waals surface area contributed by atoms with E-state index in [0.29, 0.717) is 25.5 Å². The lowest BCUT2D eigenvalue weighted by Gasteiger charge is -2.08. The highest BCUT2D eigenvalue weighted by molar-refractivity contribution is 5.77. The number of amides is 1. The Morgan fingerprint density at radius 1 is 1.25 bits per heavy atom. The molecule has 0 aliphatic heterocycles. The van der Waals surface area contributed by atoms with Crippen molar-refractivity contribution in [3.05, 3.63) is 29.8 Å². The maximum absolute atomic E-state index is 13.2. The molecule has 0 aromatic heterocycles. The molecule has 2 N–H and O–H groups in total. The van der Waals surface area contributed by atoms with Crippen LogP contribution in [-0.2, 0) is 9.59 Å². The molecule has 7 heteroatoms. The fraction of sp³-hybridized carbons (Fsp3) is 0.385. The fourth-order valence-electron chi connectivity index (χ4n) is 1.42. The topological polar surface area (TPSA) is 75.6 Å². The van der Waals surface area contributed by atoms with E-state index in [2.05, 4.69) is 5.32 Å². The van der Waals surface area contributed by atoms with Gasteiger partial charge in [0.05, 0.1) is 0 Å². The molecule has 0 saturated heterocycles. The van der Waals surface area contributed by atoms with Gasteiger partial charge in [-0.2, -0.15) is 0 Å². The number of halogens is 2. The van der Waals surface area contributed by atoms with Crippen LogP contribution in [-0.4, -0.2) is 30.1 Å². The predicted octanol–water partition coefficient (Wildman–Crippen LogP) is 1.71. The highest BCUT2D eigenvalue weighted by Gasteiger charge is 2.07. The number of carboxylic acid groups (broad SMARTS) is 1. The Balaban J connectivity index is 2.21. The fourth-order valence-corrected chi connectivity index (χ4v) is 1.42. The molecule has 1 aromatic rings. The average molecular weight is 287 g/mol. The van der Waals surface area contributed by atoms with Crippen LogP contribution in [0.5, 0.6) is 5.75 Å². The predicted molar refractivity (Wildman–Crippen MR) is 66.3 cm³/mol. The second-order valence-electron chi connectivity index (χ2n) is 4.06. The zero-order valence-electron chi connectivity index (χ0n) is 10.7. The van der Waals surface area contributed by atoms with Crippen LogP contribution in [0.3, 0.4) is 0 Å². The molecule has 0 unspecified atom stereocenters. The molecular weight excluding hydrogens is 272 g/mol. The molecule has 0 aliphatic carbocycles. The van der Waals surface area contributed by atoms with Crippen molar-refractivity contribution in [2.45, 2.75) is 19.3 Å². The molecule has 0 radical (unpaired) electrons. The van der Waals surface area contributed by atoms with Gasteiger partial charge >= 0.3 is 5.97 Å². The Kier molecular flexibility index (Phi) is 6.42. The Labute approximate surface area is 114 Å². The first kappa shape index (κ1) is 15.9. The summed E-state index contributed by atoms with van der Waals surface area (Å²) in [4.78, 5) is 21.6.